The van der Waals surface area contributed by atoms with E-state index in [4.69, 9.17) is 23.2 Å². The van der Waals surface area contributed by atoms with Crippen molar-refractivity contribution in [1.29, 1.82) is 0 Å². The molecular formula is C22H19Cl2N3OS. The van der Waals surface area contributed by atoms with Gasteiger partial charge in [-0.05, 0) is 29.7 Å². The molecule has 0 bridgehead atoms. The molecule has 3 aromatic rings. The van der Waals surface area contributed by atoms with E-state index >= 15 is 0 Å². The Morgan fingerprint density at radius 2 is 1.93 bits per heavy atom. The summed E-state index contributed by atoms with van der Waals surface area (Å²) in [6.45, 7) is 2.74. The van der Waals surface area contributed by atoms with E-state index in [0.29, 0.717) is 10.0 Å². The summed E-state index contributed by atoms with van der Waals surface area (Å²) >= 11 is 14.0. The third-order valence-corrected chi connectivity index (χ3v) is 7.15. The summed E-state index contributed by atoms with van der Waals surface area (Å²) in [4.78, 5) is 16.6. The van der Waals surface area contributed by atoms with Crippen molar-refractivity contribution in [1.82, 2.24) is 10.2 Å². The van der Waals surface area contributed by atoms with Gasteiger partial charge in [-0.3, -0.25) is 9.69 Å². The summed E-state index contributed by atoms with van der Waals surface area (Å²) in [5, 5.41) is 8.56. The van der Waals surface area contributed by atoms with Crippen LogP contribution in [0.25, 0.3) is 0 Å². The van der Waals surface area contributed by atoms with Gasteiger partial charge in [-0.15, -0.1) is 11.3 Å². The quantitative estimate of drug-likeness (QED) is 0.563. The number of rotatable bonds is 3. The lowest BCUT2D eigenvalue weighted by Crippen LogP contribution is -2.39. The number of carbonyl (C=O) groups excluding carboxylic acids is 1. The van der Waals surface area contributed by atoms with Crippen LogP contribution in [0.2, 0.25) is 10.0 Å². The molecule has 2 N–H and O–H groups in total. The smallest absolute Gasteiger partial charge is 0.256 e. The molecule has 2 aromatic carbocycles. The Hall–Kier alpha value is -2.05. The Morgan fingerprint density at radius 1 is 1.10 bits per heavy atom. The Kier molecular flexibility index (Phi) is 5.00. The van der Waals surface area contributed by atoms with Gasteiger partial charge in [0.2, 0.25) is 0 Å². The van der Waals surface area contributed by atoms with E-state index in [1.54, 1.807) is 23.5 Å². The van der Waals surface area contributed by atoms with Crippen LogP contribution in [-0.2, 0) is 19.5 Å². The Morgan fingerprint density at radius 3 is 2.72 bits per heavy atom. The minimum atomic E-state index is -0.361. The van der Waals surface area contributed by atoms with Gasteiger partial charge in [0, 0.05) is 40.1 Å². The second-order valence-electron chi connectivity index (χ2n) is 7.37. The maximum Gasteiger partial charge on any atom is 0.256 e. The second-order valence-corrected chi connectivity index (χ2v) is 9.32. The average Bonchev–Trinajstić information content (AvgIpc) is 3.06. The molecule has 29 heavy (non-hydrogen) atoms. The summed E-state index contributed by atoms with van der Waals surface area (Å²) in [5.41, 5.74) is 4.10. The number of anilines is 1. The molecule has 1 atom stereocenters. The monoisotopic (exact) mass is 443 g/mol. The number of nitrogens with zero attached hydrogens (tertiary/aromatic N) is 1. The van der Waals surface area contributed by atoms with Crippen LogP contribution in [0.4, 0.5) is 5.00 Å². The highest BCUT2D eigenvalue weighted by molar-refractivity contribution is 7.16. The van der Waals surface area contributed by atoms with E-state index in [9.17, 15) is 4.79 Å². The molecule has 1 unspecified atom stereocenters. The number of hydrogen-bond donors (Lipinski definition) is 2. The van der Waals surface area contributed by atoms with E-state index in [1.807, 2.05) is 12.1 Å². The van der Waals surface area contributed by atoms with E-state index < -0.39 is 0 Å². The van der Waals surface area contributed by atoms with Gasteiger partial charge in [-0.1, -0.05) is 59.6 Å². The number of nitrogens with one attached hydrogen (secondary N) is 2. The summed E-state index contributed by atoms with van der Waals surface area (Å²) in [5.74, 6) is -0.0382. The van der Waals surface area contributed by atoms with E-state index in [1.165, 1.54) is 16.0 Å². The van der Waals surface area contributed by atoms with Gasteiger partial charge in [-0.2, -0.15) is 0 Å². The zero-order chi connectivity index (χ0) is 20.0. The molecule has 0 saturated carbocycles. The highest BCUT2D eigenvalue weighted by Gasteiger charge is 2.33. The standard InChI is InChI=1S/C22H19Cl2N3OS/c23-14-6-7-15(17(24)10-14)20-25-21(28)19-16-8-9-27(11-13-4-2-1-3-5-13)12-18(16)29-22(19)26-20/h1-7,10,20,26H,8-9,11-12H2,(H,25,28). The number of halogens is 2. The first-order chi connectivity index (χ1) is 14.1. The zero-order valence-electron chi connectivity index (χ0n) is 15.5. The molecule has 148 valence electrons. The summed E-state index contributed by atoms with van der Waals surface area (Å²) in [6, 6.07) is 15.8. The maximum atomic E-state index is 12.9. The largest absolute Gasteiger partial charge is 0.353 e. The van der Waals surface area contributed by atoms with Crippen LogP contribution in [0.5, 0.6) is 0 Å². The van der Waals surface area contributed by atoms with Crippen molar-refractivity contribution < 1.29 is 4.79 Å². The first kappa shape index (κ1) is 18.9. The van der Waals surface area contributed by atoms with Crippen LogP contribution in [0.15, 0.2) is 48.5 Å². The molecule has 3 heterocycles. The highest BCUT2D eigenvalue weighted by atomic mass is 35.5. The van der Waals surface area contributed by atoms with Gasteiger partial charge in [-0.25, -0.2) is 0 Å². The number of benzene rings is 2. The second kappa shape index (κ2) is 7.65. The van der Waals surface area contributed by atoms with Gasteiger partial charge >= 0.3 is 0 Å². The van der Waals surface area contributed by atoms with E-state index in [2.05, 4.69) is 39.8 Å². The van der Waals surface area contributed by atoms with Crippen molar-refractivity contribution in [2.45, 2.75) is 25.7 Å². The number of hydrogen-bond acceptors (Lipinski definition) is 4. The minimum absolute atomic E-state index is 0.0382. The molecule has 1 amide bonds. The zero-order valence-corrected chi connectivity index (χ0v) is 17.9. The molecule has 4 nitrogen and oxygen atoms in total. The van der Waals surface area contributed by atoms with Crippen LogP contribution in [0.1, 0.15) is 38.1 Å². The number of thiophene rings is 1. The SMILES string of the molecule is O=C1NC(c2ccc(Cl)cc2Cl)Nc2sc3c(c21)CCN(Cc1ccccc1)C3. The molecule has 0 radical (unpaired) electrons. The van der Waals surface area contributed by atoms with Gasteiger partial charge in [0.25, 0.3) is 5.91 Å². The number of carbonyl (C=O) groups is 1. The van der Waals surface area contributed by atoms with Crippen molar-refractivity contribution in [3.05, 3.63) is 85.7 Å². The predicted molar refractivity (Wildman–Crippen MR) is 119 cm³/mol. The third kappa shape index (κ3) is 3.64. The predicted octanol–water partition coefficient (Wildman–Crippen LogP) is 5.47. The Labute approximate surface area is 183 Å². The lowest BCUT2D eigenvalue weighted by molar-refractivity contribution is 0.0934. The normalized spacial score (nSPS) is 18.6. The highest BCUT2D eigenvalue weighted by Crippen LogP contribution is 2.41. The van der Waals surface area contributed by atoms with Crippen LogP contribution >= 0.6 is 34.5 Å². The molecule has 7 heteroatoms. The summed E-state index contributed by atoms with van der Waals surface area (Å²) in [6.07, 6.45) is 0.524. The number of amides is 1. The van der Waals surface area contributed by atoms with E-state index in [-0.39, 0.29) is 12.1 Å². The summed E-state index contributed by atoms with van der Waals surface area (Å²) in [7, 11) is 0. The Balaban J connectivity index is 1.39. The van der Waals surface area contributed by atoms with Crippen molar-refractivity contribution in [3.63, 3.8) is 0 Å². The molecule has 0 saturated heterocycles. The molecule has 5 rings (SSSR count). The Bertz CT molecular complexity index is 1080. The van der Waals surface area contributed by atoms with Gasteiger partial charge < -0.3 is 10.6 Å². The van der Waals surface area contributed by atoms with Crippen molar-refractivity contribution in [3.8, 4) is 0 Å². The van der Waals surface area contributed by atoms with Gasteiger partial charge in [0.15, 0.2) is 0 Å². The summed E-state index contributed by atoms with van der Waals surface area (Å²) < 4.78 is 0. The molecule has 2 aliphatic heterocycles. The van der Waals surface area contributed by atoms with Crippen molar-refractivity contribution in [2.24, 2.45) is 0 Å². The first-order valence-corrected chi connectivity index (χ1v) is 11.1. The molecule has 0 fully saturated rings. The first-order valence-electron chi connectivity index (χ1n) is 9.51. The third-order valence-electron chi connectivity index (χ3n) is 5.44. The maximum absolute atomic E-state index is 12.9. The fraction of sp³-hybridized carbons (Fsp3) is 0.227. The molecule has 1 aromatic heterocycles. The van der Waals surface area contributed by atoms with Gasteiger partial charge in [0.05, 0.1) is 5.56 Å². The molecular weight excluding hydrogens is 425 g/mol. The fourth-order valence-electron chi connectivity index (χ4n) is 4.04. The van der Waals surface area contributed by atoms with Gasteiger partial charge in [0.1, 0.15) is 11.2 Å². The minimum Gasteiger partial charge on any atom is -0.353 e. The lowest BCUT2D eigenvalue weighted by atomic mass is 10.00. The van der Waals surface area contributed by atoms with Crippen LogP contribution in [-0.4, -0.2) is 17.4 Å². The molecule has 0 aliphatic carbocycles. The van der Waals surface area contributed by atoms with Crippen LogP contribution in [0, 0.1) is 0 Å². The molecule has 2 aliphatic rings. The number of fused-ring (bicyclic) bond motifs is 3. The van der Waals surface area contributed by atoms with Crippen LogP contribution in [0.3, 0.4) is 0 Å². The van der Waals surface area contributed by atoms with Crippen LogP contribution < -0.4 is 10.6 Å². The average molecular weight is 444 g/mol. The topological polar surface area (TPSA) is 44.4 Å². The fourth-order valence-corrected chi connectivity index (χ4v) is 5.87. The lowest BCUT2D eigenvalue weighted by Gasteiger charge is -2.29. The molecule has 0 spiro atoms. The van der Waals surface area contributed by atoms with Crippen molar-refractivity contribution >= 4 is 45.4 Å². The van der Waals surface area contributed by atoms with Crippen molar-refractivity contribution in [2.75, 3.05) is 11.9 Å². The van der Waals surface area contributed by atoms with E-state index in [0.717, 1.165) is 42.2 Å².